The maximum Gasteiger partial charge on any atom is 0.140 e. The van der Waals surface area contributed by atoms with Crippen LogP contribution in [-0.2, 0) is 18.4 Å². The molecule has 4 aromatic rings. The summed E-state index contributed by atoms with van der Waals surface area (Å²) in [5, 5.41) is 3.61. The SMILES string of the molecule is C[C@@H]1CCc2ncnc(N3CC4(CCNCC4)c4c(CN(c5ccccn5)c5ccccn5)cccc43)c21. The van der Waals surface area contributed by atoms with Crippen LogP contribution in [0.2, 0.25) is 0 Å². The maximum absolute atomic E-state index is 4.91. The third kappa shape index (κ3) is 3.84. The van der Waals surface area contributed by atoms with Crippen molar-refractivity contribution in [2.24, 2.45) is 0 Å². The van der Waals surface area contributed by atoms with Gasteiger partial charge < -0.3 is 15.1 Å². The van der Waals surface area contributed by atoms with E-state index < -0.39 is 0 Å². The van der Waals surface area contributed by atoms with Crippen LogP contribution >= 0.6 is 0 Å². The molecule has 0 saturated carbocycles. The normalized spacial score (nSPS) is 19.4. The first-order valence-electron chi connectivity index (χ1n) is 13.8. The molecular formula is C31H33N7. The molecular weight excluding hydrogens is 470 g/mol. The fraction of sp³-hybridized carbons (Fsp3) is 0.355. The van der Waals surface area contributed by atoms with Crippen molar-refractivity contribution in [3.63, 3.8) is 0 Å². The number of nitrogens with zero attached hydrogens (tertiary/aromatic N) is 6. The second kappa shape index (κ2) is 9.48. The number of pyridine rings is 2. The van der Waals surface area contributed by atoms with Crippen LogP contribution in [0.4, 0.5) is 23.1 Å². The van der Waals surface area contributed by atoms with E-state index >= 15 is 0 Å². The Balaban J connectivity index is 1.37. The van der Waals surface area contributed by atoms with Crippen LogP contribution in [0.1, 0.15) is 54.5 Å². The van der Waals surface area contributed by atoms with E-state index in [-0.39, 0.29) is 5.41 Å². The van der Waals surface area contributed by atoms with Crippen LogP contribution < -0.4 is 15.1 Å². The van der Waals surface area contributed by atoms with Crippen molar-refractivity contribution < 1.29 is 0 Å². The van der Waals surface area contributed by atoms with Crippen molar-refractivity contribution >= 4 is 23.1 Å². The monoisotopic (exact) mass is 503 g/mol. The first-order valence-corrected chi connectivity index (χ1v) is 13.8. The summed E-state index contributed by atoms with van der Waals surface area (Å²) in [5.74, 6) is 3.40. The second-order valence-electron chi connectivity index (χ2n) is 10.9. The van der Waals surface area contributed by atoms with Gasteiger partial charge in [0.25, 0.3) is 0 Å². The quantitative estimate of drug-likeness (QED) is 0.390. The minimum Gasteiger partial charge on any atom is -0.325 e. The highest BCUT2D eigenvalue weighted by Crippen LogP contribution is 2.52. The number of fused-ring (bicyclic) bond motifs is 3. The highest BCUT2D eigenvalue weighted by Gasteiger charge is 2.46. The fourth-order valence-electron chi connectivity index (χ4n) is 6.84. The summed E-state index contributed by atoms with van der Waals surface area (Å²) in [6, 6.07) is 19.0. The Morgan fingerprint density at radius 2 is 1.68 bits per heavy atom. The standard InChI is InChI=1S/C31H33N7/c1-22-11-12-24-28(22)30(36-21-35-24)38-20-31(13-17-32-18-14-31)29-23(7-6-8-25(29)38)19-37(26-9-2-4-15-33-26)27-10-3-5-16-34-27/h2-10,15-16,21-22,32H,11-14,17-20H2,1H3/t22-/m1/s1. The third-order valence-electron chi connectivity index (χ3n) is 8.66. The number of nitrogens with one attached hydrogen (secondary N) is 1. The molecule has 1 atom stereocenters. The Labute approximate surface area is 224 Å². The number of anilines is 4. The lowest BCUT2D eigenvalue weighted by molar-refractivity contribution is 0.327. The zero-order chi connectivity index (χ0) is 25.5. The van der Waals surface area contributed by atoms with Crippen LogP contribution in [-0.4, -0.2) is 39.6 Å². The van der Waals surface area contributed by atoms with Gasteiger partial charge in [-0.1, -0.05) is 31.2 Å². The molecule has 38 heavy (non-hydrogen) atoms. The topological polar surface area (TPSA) is 70.1 Å². The van der Waals surface area contributed by atoms with Crippen LogP contribution in [0.5, 0.6) is 0 Å². The smallest absolute Gasteiger partial charge is 0.140 e. The highest BCUT2D eigenvalue weighted by molar-refractivity contribution is 5.75. The van der Waals surface area contributed by atoms with Gasteiger partial charge in [-0.25, -0.2) is 19.9 Å². The lowest BCUT2D eigenvalue weighted by Crippen LogP contribution is -2.43. The zero-order valence-electron chi connectivity index (χ0n) is 21.8. The van der Waals surface area contributed by atoms with Gasteiger partial charge in [-0.2, -0.15) is 0 Å². The predicted molar refractivity (Wildman–Crippen MR) is 150 cm³/mol. The number of benzene rings is 1. The van der Waals surface area contributed by atoms with Gasteiger partial charge in [-0.05, 0) is 86.1 Å². The molecule has 2 aliphatic heterocycles. The number of piperidine rings is 1. The third-order valence-corrected chi connectivity index (χ3v) is 8.66. The molecule has 3 aliphatic rings. The number of hydrogen-bond acceptors (Lipinski definition) is 7. The number of hydrogen-bond donors (Lipinski definition) is 1. The van der Waals surface area contributed by atoms with Crippen molar-refractivity contribution in [2.75, 3.05) is 29.4 Å². The summed E-state index contributed by atoms with van der Waals surface area (Å²) in [7, 11) is 0. The Kier molecular flexibility index (Phi) is 5.81. The molecule has 5 heterocycles. The summed E-state index contributed by atoms with van der Waals surface area (Å²) in [5.41, 5.74) is 6.75. The summed E-state index contributed by atoms with van der Waals surface area (Å²) >= 11 is 0. The molecule has 7 nitrogen and oxygen atoms in total. The summed E-state index contributed by atoms with van der Waals surface area (Å²) in [6.07, 6.45) is 9.91. The van der Waals surface area contributed by atoms with E-state index in [0.717, 1.165) is 62.8 Å². The molecule has 7 rings (SSSR count). The van der Waals surface area contributed by atoms with E-state index in [0.29, 0.717) is 12.5 Å². The average molecular weight is 504 g/mol. The molecule has 7 heteroatoms. The number of rotatable bonds is 5. The van der Waals surface area contributed by atoms with E-state index in [4.69, 9.17) is 15.0 Å². The van der Waals surface area contributed by atoms with Crippen LogP contribution in [0, 0.1) is 0 Å². The molecule has 1 saturated heterocycles. The molecule has 0 radical (unpaired) electrons. The van der Waals surface area contributed by atoms with E-state index in [2.05, 4.69) is 57.4 Å². The molecule has 0 unspecified atom stereocenters. The van der Waals surface area contributed by atoms with Gasteiger partial charge in [0, 0.05) is 41.3 Å². The van der Waals surface area contributed by atoms with Crippen LogP contribution in [0.15, 0.2) is 73.3 Å². The van der Waals surface area contributed by atoms with Gasteiger partial charge in [0.1, 0.15) is 23.8 Å². The lowest BCUT2D eigenvalue weighted by atomic mass is 9.73. The Bertz CT molecular complexity index is 1390. The minimum atomic E-state index is 0.0801. The molecule has 3 aromatic heterocycles. The van der Waals surface area contributed by atoms with Crippen LogP contribution in [0.25, 0.3) is 0 Å². The molecule has 1 fully saturated rings. The van der Waals surface area contributed by atoms with Crippen molar-refractivity contribution in [3.8, 4) is 0 Å². The molecule has 1 aromatic carbocycles. The van der Waals surface area contributed by atoms with Crippen molar-refractivity contribution in [2.45, 2.75) is 50.5 Å². The summed E-state index contributed by atoms with van der Waals surface area (Å²) < 4.78 is 0. The fourth-order valence-corrected chi connectivity index (χ4v) is 6.84. The Morgan fingerprint density at radius 3 is 2.39 bits per heavy atom. The van der Waals surface area contributed by atoms with E-state index in [9.17, 15) is 0 Å². The number of aryl methyl sites for hydroxylation is 1. The first kappa shape index (κ1) is 23.3. The largest absolute Gasteiger partial charge is 0.325 e. The van der Waals surface area contributed by atoms with E-state index in [1.807, 2.05) is 36.7 Å². The van der Waals surface area contributed by atoms with Crippen molar-refractivity contribution in [3.05, 3.63) is 95.7 Å². The molecule has 192 valence electrons. The lowest BCUT2D eigenvalue weighted by Gasteiger charge is -2.36. The first-order chi connectivity index (χ1) is 18.7. The maximum atomic E-state index is 4.91. The Hall–Kier alpha value is -3.84. The molecule has 0 amide bonds. The van der Waals surface area contributed by atoms with Gasteiger partial charge in [0.05, 0.1) is 6.54 Å². The minimum absolute atomic E-state index is 0.0801. The van der Waals surface area contributed by atoms with Gasteiger partial charge in [0.2, 0.25) is 0 Å². The van der Waals surface area contributed by atoms with Gasteiger partial charge in [-0.15, -0.1) is 0 Å². The van der Waals surface area contributed by atoms with Gasteiger partial charge >= 0.3 is 0 Å². The van der Waals surface area contributed by atoms with Crippen molar-refractivity contribution in [1.82, 2.24) is 25.3 Å². The number of aromatic nitrogens is 4. The molecule has 1 aliphatic carbocycles. The molecule has 1 N–H and O–H groups in total. The summed E-state index contributed by atoms with van der Waals surface area (Å²) in [4.78, 5) is 23.7. The Morgan fingerprint density at radius 1 is 0.921 bits per heavy atom. The molecule has 1 spiro atoms. The van der Waals surface area contributed by atoms with Gasteiger partial charge in [-0.3, -0.25) is 0 Å². The van der Waals surface area contributed by atoms with Crippen molar-refractivity contribution in [1.29, 1.82) is 0 Å². The zero-order valence-corrected chi connectivity index (χ0v) is 21.8. The molecule has 0 bridgehead atoms. The summed E-state index contributed by atoms with van der Waals surface area (Å²) in [6.45, 7) is 6.06. The predicted octanol–water partition coefficient (Wildman–Crippen LogP) is 5.43. The van der Waals surface area contributed by atoms with Crippen LogP contribution in [0.3, 0.4) is 0 Å². The van der Waals surface area contributed by atoms with E-state index in [1.54, 1.807) is 6.33 Å². The van der Waals surface area contributed by atoms with Gasteiger partial charge in [0.15, 0.2) is 0 Å². The second-order valence-corrected chi connectivity index (χ2v) is 10.9. The average Bonchev–Trinajstić information content (AvgIpc) is 3.51. The van der Waals surface area contributed by atoms with E-state index in [1.165, 1.54) is 28.1 Å². The highest BCUT2D eigenvalue weighted by atomic mass is 15.2.